The Hall–Kier alpha value is -1.72. The van der Waals surface area contributed by atoms with Crippen molar-refractivity contribution in [2.75, 3.05) is 0 Å². The Labute approximate surface area is 160 Å². The molecule has 0 unspecified atom stereocenters. The quantitative estimate of drug-likeness (QED) is 0.331. The van der Waals surface area contributed by atoms with Crippen LogP contribution in [0.3, 0.4) is 0 Å². The van der Waals surface area contributed by atoms with Crippen LogP contribution in [0.1, 0.15) is 30.2 Å². The fourth-order valence-electron chi connectivity index (χ4n) is 1.88. The number of nitrogens with zero attached hydrogens (tertiary/aromatic N) is 3. The Morgan fingerprint density at radius 3 is 2.65 bits per heavy atom. The van der Waals surface area contributed by atoms with Crippen LogP contribution in [0.4, 0.5) is 5.69 Å². The number of nitro groups is 1. The fraction of sp³-hybridized carbons (Fsp3) is 0.176. The molecule has 23 heavy (non-hydrogen) atoms. The number of nitro benzene ring substituents is 1. The monoisotopic (exact) mass is 382 g/mol. The smallest absolute Gasteiger partial charge is 0.266 e. The van der Waals surface area contributed by atoms with Crippen LogP contribution in [-0.2, 0) is 39.1 Å². The van der Waals surface area contributed by atoms with Gasteiger partial charge in [0, 0.05) is 32.7 Å². The number of aliphatic imine (C=N–C) groups is 1. The van der Waals surface area contributed by atoms with Crippen molar-refractivity contribution in [2.45, 2.75) is 19.8 Å². The third kappa shape index (κ3) is 5.77. The summed E-state index contributed by atoms with van der Waals surface area (Å²) in [6.45, 7) is 7.96. The van der Waals surface area contributed by atoms with E-state index < -0.39 is 4.92 Å². The second kappa shape index (κ2) is 9.43. The molecule has 1 radical (unpaired) electrons. The van der Waals surface area contributed by atoms with E-state index in [1.54, 1.807) is 24.4 Å². The van der Waals surface area contributed by atoms with Gasteiger partial charge < -0.3 is 11.6 Å². The largest absolute Gasteiger partial charge is 0.390 e. The summed E-state index contributed by atoms with van der Waals surface area (Å²) in [5.41, 5.74) is 2.66. The van der Waals surface area contributed by atoms with Crippen LogP contribution in [-0.4, -0.2) is 16.1 Å². The Balaban J connectivity index is 0.00000264. The standard InChI is InChI=1S/C17H15N3O2.Y/c1-3-4-16-11-14(9-10-18-16)12-19-13(2)15-5-7-17(8-6-15)20(21)22;/h2,5-11H,3-4H2,1H3;/q-2;. The van der Waals surface area contributed by atoms with E-state index in [1.165, 1.54) is 12.1 Å². The van der Waals surface area contributed by atoms with Crippen molar-refractivity contribution in [3.63, 3.8) is 0 Å². The first-order valence-corrected chi connectivity index (χ1v) is 6.89. The molecular formula is C17H15N3O2Y-2. The first-order valence-electron chi connectivity index (χ1n) is 6.89. The van der Waals surface area contributed by atoms with Crippen LogP contribution >= 0.6 is 0 Å². The number of non-ortho nitro benzene ring substituents is 1. The molecule has 0 aliphatic heterocycles. The van der Waals surface area contributed by atoms with Crippen molar-refractivity contribution in [1.29, 1.82) is 0 Å². The summed E-state index contributed by atoms with van der Waals surface area (Å²) >= 11 is 0. The SMILES string of the molecule is [CH-]=C(N=[C-]c1ccnc(CCC)c1)c1ccc([N+](=O)[O-])cc1.[Y]. The zero-order chi connectivity index (χ0) is 15.9. The van der Waals surface area contributed by atoms with Gasteiger partial charge >= 0.3 is 0 Å². The van der Waals surface area contributed by atoms with Crippen LogP contribution in [0, 0.1) is 16.7 Å². The van der Waals surface area contributed by atoms with Gasteiger partial charge in [0.15, 0.2) is 0 Å². The average molecular weight is 382 g/mol. The van der Waals surface area contributed by atoms with Crippen molar-refractivity contribution >= 4 is 17.6 Å². The minimum absolute atomic E-state index is 0. The third-order valence-corrected chi connectivity index (χ3v) is 3.00. The Morgan fingerprint density at radius 1 is 1.35 bits per heavy atom. The number of aryl methyl sites for hydroxylation is 1. The first kappa shape index (κ1) is 19.3. The van der Waals surface area contributed by atoms with Crippen LogP contribution in [0.5, 0.6) is 0 Å². The summed E-state index contributed by atoms with van der Waals surface area (Å²) < 4.78 is 0. The van der Waals surface area contributed by atoms with Gasteiger partial charge in [-0.1, -0.05) is 13.3 Å². The number of hydrogen-bond acceptors (Lipinski definition) is 4. The number of aromatic nitrogens is 1. The number of benzene rings is 1. The predicted molar refractivity (Wildman–Crippen MR) is 85.6 cm³/mol. The summed E-state index contributed by atoms with van der Waals surface area (Å²) in [6.07, 6.45) is 6.50. The molecule has 5 nitrogen and oxygen atoms in total. The molecule has 0 aliphatic rings. The van der Waals surface area contributed by atoms with E-state index in [1.807, 2.05) is 6.07 Å². The molecule has 1 aromatic carbocycles. The van der Waals surface area contributed by atoms with Crippen molar-refractivity contribution in [1.82, 2.24) is 4.98 Å². The molecule has 1 heterocycles. The van der Waals surface area contributed by atoms with Crippen LogP contribution in [0.25, 0.3) is 5.70 Å². The summed E-state index contributed by atoms with van der Waals surface area (Å²) in [5.74, 6) is 0. The zero-order valence-corrected chi connectivity index (χ0v) is 15.6. The van der Waals surface area contributed by atoms with Gasteiger partial charge in [-0.3, -0.25) is 15.1 Å². The van der Waals surface area contributed by atoms with Gasteiger partial charge in [-0.05, 0) is 36.7 Å². The third-order valence-electron chi connectivity index (χ3n) is 3.00. The van der Waals surface area contributed by atoms with Gasteiger partial charge in [0.1, 0.15) is 0 Å². The number of hydrogen-bond donors (Lipinski definition) is 0. The van der Waals surface area contributed by atoms with Crippen LogP contribution < -0.4 is 0 Å². The molecule has 0 fully saturated rings. The average Bonchev–Trinajstić information content (AvgIpc) is 2.53. The summed E-state index contributed by atoms with van der Waals surface area (Å²) in [7, 11) is 0. The molecule has 0 saturated carbocycles. The van der Waals surface area contributed by atoms with Crippen molar-refractivity contribution < 1.29 is 37.6 Å². The molecule has 0 spiro atoms. The van der Waals surface area contributed by atoms with Gasteiger partial charge in [-0.2, -0.15) is 11.3 Å². The van der Waals surface area contributed by atoms with Crippen LogP contribution in [0.2, 0.25) is 0 Å². The maximum atomic E-state index is 10.6. The molecule has 0 aliphatic carbocycles. The molecule has 2 aromatic rings. The number of pyridine rings is 1. The minimum Gasteiger partial charge on any atom is -0.390 e. The molecule has 0 N–H and O–H groups in total. The molecule has 0 atom stereocenters. The molecule has 0 amide bonds. The summed E-state index contributed by atoms with van der Waals surface area (Å²) in [5, 5.41) is 10.6. The Kier molecular flexibility index (Phi) is 7.92. The molecule has 0 saturated heterocycles. The van der Waals surface area contributed by atoms with Crippen LogP contribution in [0.15, 0.2) is 47.6 Å². The maximum Gasteiger partial charge on any atom is 0.266 e. The van der Waals surface area contributed by atoms with E-state index in [4.69, 9.17) is 6.58 Å². The maximum absolute atomic E-state index is 10.6. The van der Waals surface area contributed by atoms with E-state index in [9.17, 15) is 10.1 Å². The minimum atomic E-state index is -0.457. The topological polar surface area (TPSA) is 68.4 Å². The second-order valence-electron chi connectivity index (χ2n) is 4.70. The van der Waals surface area contributed by atoms with Gasteiger partial charge in [0.05, 0.1) is 4.92 Å². The van der Waals surface area contributed by atoms with Gasteiger partial charge in [-0.15, -0.1) is 29.8 Å². The summed E-state index contributed by atoms with van der Waals surface area (Å²) in [6, 6.07) is 9.62. The van der Waals surface area contributed by atoms with E-state index >= 15 is 0 Å². The van der Waals surface area contributed by atoms with E-state index in [-0.39, 0.29) is 44.1 Å². The first-order chi connectivity index (χ1) is 10.6. The molecule has 6 heteroatoms. The molecule has 2 rings (SSSR count). The van der Waals surface area contributed by atoms with E-state index in [0.29, 0.717) is 5.56 Å². The number of rotatable bonds is 6. The Morgan fingerprint density at radius 2 is 2.04 bits per heavy atom. The van der Waals surface area contributed by atoms with Gasteiger partial charge in [0.2, 0.25) is 0 Å². The molecule has 1 aromatic heterocycles. The molecular weight excluding hydrogens is 367 g/mol. The van der Waals surface area contributed by atoms with E-state index in [0.717, 1.165) is 24.1 Å². The zero-order valence-electron chi connectivity index (χ0n) is 12.8. The fourth-order valence-corrected chi connectivity index (χ4v) is 1.88. The predicted octanol–water partition coefficient (Wildman–Crippen LogP) is 3.71. The van der Waals surface area contributed by atoms with Crippen molar-refractivity contribution in [2.24, 2.45) is 4.99 Å². The molecule has 0 bridgehead atoms. The van der Waals surface area contributed by atoms with Gasteiger partial charge in [-0.25, -0.2) is 0 Å². The summed E-state index contributed by atoms with van der Waals surface area (Å²) in [4.78, 5) is 18.5. The van der Waals surface area contributed by atoms with E-state index in [2.05, 4.69) is 23.1 Å². The second-order valence-corrected chi connectivity index (χ2v) is 4.70. The van der Waals surface area contributed by atoms with Gasteiger partial charge in [0.25, 0.3) is 5.69 Å². The molecule has 115 valence electrons. The Bertz CT molecular complexity index is 712. The van der Waals surface area contributed by atoms with Crippen molar-refractivity contribution in [3.8, 4) is 0 Å². The van der Waals surface area contributed by atoms with Crippen molar-refractivity contribution in [3.05, 3.63) is 76.1 Å². The normalized spacial score (nSPS) is 10.3.